The Hall–Kier alpha value is -1.22. The van der Waals surface area contributed by atoms with Crippen molar-refractivity contribution in [1.29, 1.82) is 0 Å². The zero-order valence-corrected chi connectivity index (χ0v) is 12.0. The molecular weight excluding hydrogens is 262 g/mol. The van der Waals surface area contributed by atoms with Gasteiger partial charge in [-0.1, -0.05) is 12.1 Å². The van der Waals surface area contributed by atoms with E-state index in [4.69, 9.17) is 16.3 Å². The van der Waals surface area contributed by atoms with Crippen LogP contribution in [0.4, 0.5) is 0 Å². The van der Waals surface area contributed by atoms with Gasteiger partial charge in [-0.25, -0.2) is 0 Å². The number of amides is 1. The molecule has 2 rings (SSSR count). The summed E-state index contributed by atoms with van der Waals surface area (Å²) in [5.74, 6) is 1.76. The van der Waals surface area contributed by atoms with Crippen LogP contribution in [0.25, 0.3) is 0 Å². The lowest BCUT2D eigenvalue weighted by Crippen LogP contribution is -2.40. The summed E-state index contributed by atoms with van der Waals surface area (Å²) >= 11 is 5.91. The number of nitrogens with zero attached hydrogens (tertiary/aromatic N) is 1. The van der Waals surface area contributed by atoms with Gasteiger partial charge in [0, 0.05) is 19.0 Å². The molecule has 0 saturated carbocycles. The van der Waals surface area contributed by atoms with E-state index in [1.54, 1.807) is 0 Å². The van der Waals surface area contributed by atoms with Crippen molar-refractivity contribution in [3.8, 4) is 5.75 Å². The number of likely N-dealkylation sites (tertiary alicyclic amines) is 1. The number of piperidine rings is 1. The summed E-state index contributed by atoms with van der Waals surface area (Å²) in [7, 11) is 0. The van der Waals surface area contributed by atoms with E-state index in [2.05, 4.69) is 0 Å². The van der Waals surface area contributed by atoms with Crippen LogP contribution in [-0.2, 0) is 0 Å². The first-order valence-electron chi connectivity index (χ1n) is 6.83. The van der Waals surface area contributed by atoms with Crippen molar-refractivity contribution in [1.82, 2.24) is 4.90 Å². The molecule has 1 aromatic carbocycles. The van der Waals surface area contributed by atoms with Gasteiger partial charge in [-0.2, -0.15) is 0 Å². The smallest absolute Gasteiger partial charge is 0.257 e. The van der Waals surface area contributed by atoms with Gasteiger partial charge in [-0.05, 0) is 37.8 Å². The second-order valence-corrected chi connectivity index (χ2v) is 5.15. The monoisotopic (exact) mass is 281 g/mol. The first-order valence-corrected chi connectivity index (χ1v) is 7.36. The summed E-state index contributed by atoms with van der Waals surface area (Å²) in [5, 5.41) is 0. The van der Waals surface area contributed by atoms with Gasteiger partial charge >= 0.3 is 0 Å². The maximum atomic E-state index is 12.6. The van der Waals surface area contributed by atoms with Crippen LogP contribution in [0.5, 0.6) is 5.75 Å². The fourth-order valence-corrected chi connectivity index (χ4v) is 2.72. The Bertz CT molecular complexity index is 436. The highest BCUT2D eigenvalue weighted by Crippen LogP contribution is 2.24. The molecular formula is C15H20ClNO2. The molecule has 1 heterocycles. The van der Waals surface area contributed by atoms with Crippen molar-refractivity contribution < 1.29 is 9.53 Å². The fourth-order valence-electron chi connectivity index (χ4n) is 2.47. The van der Waals surface area contributed by atoms with Crippen LogP contribution < -0.4 is 4.74 Å². The van der Waals surface area contributed by atoms with E-state index in [-0.39, 0.29) is 5.91 Å². The number of benzene rings is 1. The van der Waals surface area contributed by atoms with Crippen LogP contribution in [0, 0.1) is 5.92 Å². The normalized spacial score (nSPS) is 19.3. The molecule has 1 aliphatic heterocycles. The summed E-state index contributed by atoms with van der Waals surface area (Å²) in [6, 6.07) is 7.44. The van der Waals surface area contributed by atoms with Gasteiger partial charge < -0.3 is 9.64 Å². The molecule has 1 saturated heterocycles. The average Bonchev–Trinajstić information content (AvgIpc) is 2.47. The van der Waals surface area contributed by atoms with Crippen molar-refractivity contribution in [2.75, 3.05) is 25.6 Å². The number of hydrogen-bond acceptors (Lipinski definition) is 2. The Labute approximate surface area is 119 Å². The zero-order valence-electron chi connectivity index (χ0n) is 11.3. The van der Waals surface area contributed by atoms with Crippen LogP contribution in [0.2, 0.25) is 0 Å². The summed E-state index contributed by atoms with van der Waals surface area (Å²) in [6.45, 7) is 4.05. The molecule has 19 heavy (non-hydrogen) atoms. The molecule has 0 spiro atoms. The minimum absolute atomic E-state index is 0.0545. The molecule has 1 atom stereocenters. The Kier molecular flexibility index (Phi) is 5.08. The largest absolute Gasteiger partial charge is 0.493 e. The highest BCUT2D eigenvalue weighted by molar-refractivity contribution is 6.18. The van der Waals surface area contributed by atoms with E-state index in [1.807, 2.05) is 36.1 Å². The molecule has 0 aromatic heterocycles. The predicted molar refractivity (Wildman–Crippen MR) is 77.0 cm³/mol. The van der Waals surface area contributed by atoms with Crippen LogP contribution in [0.3, 0.4) is 0 Å². The van der Waals surface area contributed by atoms with Crippen LogP contribution in [0.1, 0.15) is 30.1 Å². The number of carbonyl (C=O) groups is 1. The molecule has 1 aromatic rings. The molecule has 104 valence electrons. The third-order valence-corrected chi connectivity index (χ3v) is 3.88. The van der Waals surface area contributed by atoms with Crippen LogP contribution in [-0.4, -0.2) is 36.4 Å². The Morgan fingerprint density at radius 3 is 3.00 bits per heavy atom. The quantitative estimate of drug-likeness (QED) is 0.794. The molecule has 1 unspecified atom stereocenters. The molecule has 0 radical (unpaired) electrons. The number of ether oxygens (including phenoxy) is 1. The number of alkyl halides is 1. The maximum Gasteiger partial charge on any atom is 0.257 e. The number of halogens is 1. The van der Waals surface area contributed by atoms with E-state index in [0.29, 0.717) is 29.7 Å². The molecule has 3 nitrogen and oxygen atoms in total. The molecule has 1 aliphatic rings. The Morgan fingerprint density at radius 2 is 2.26 bits per heavy atom. The number of rotatable bonds is 4. The summed E-state index contributed by atoms with van der Waals surface area (Å²) in [6.07, 6.45) is 2.14. The van der Waals surface area contributed by atoms with E-state index in [1.165, 1.54) is 0 Å². The second-order valence-electron chi connectivity index (χ2n) is 4.84. The van der Waals surface area contributed by atoms with E-state index < -0.39 is 0 Å². The topological polar surface area (TPSA) is 29.5 Å². The highest BCUT2D eigenvalue weighted by atomic mass is 35.5. The number of para-hydroxylation sites is 1. The van der Waals surface area contributed by atoms with Crippen molar-refractivity contribution in [3.05, 3.63) is 29.8 Å². The third-order valence-electron chi connectivity index (χ3n) is 3.44. The van der Waals surface area contributed by atoms with Gasteiger partial charge in [-0.15, -0.1) is 11.6 Å². The average molecular weight is 282 g/mol. The Balaban J connectivity index is 2.14. The van der Waals surface area contributed by atoms with Gasteiger partial charge in [-0.3, -0.25) is 4.79 Å². The SMILES string of the molecule is CCOc1ccccc1C(=O)N1CCCC(CCl)C1. The molecule has 1 amide bonds. The van der Waals surface area contributed by atoms with E-state index in [0.717, 1.165) is 25.9 Å². The summed E-state index contributed by atoms with van der Waals surface area (Å²) in [4.78, 5) is 14.5. The van der Waals surface area contributed by atoms with Crippen molar-refractivity contribution in [3.63, 3.8) is 0 Å². The fraction of sp³-hybridized carbons (Fsp3) is 0.533. The molecule has 4 heteroatoms. The van der Waals surface area contributed by atoms with Gasteiger partial charge in [0.1, 0.15) is 5.75 Å². The zero-order chi connectivity index (χ0) is 13.7. The lowest BCUT2D eigenvalue weighted by molar-refractivity contribution is 0.0680. The van der Waals surface area contributed by atoms with Crippen molar-refractivity contribution in [2.24, 2.45) is 5.92 Å². The lowest BCUT2D eigenvalue weighted by Gasteiger charge is -2.32. The van der Waals surface area contributed by atoms with Gasteiger partial charge in [0.15, 0.2) is 0 Å². The van der Waals surface area contributed by atoms with Gasteiger partial charge in [0.05, 0.1) is 12.2 Å². The molecule has 0 N–H and O–H groups in total. The minimum Gasteiger partial charge on any atom is -0.493 e. The van der Waals surface area contributed by atoms with Crippen LogP contribution in [0.15, 0.2) is 24.3 Å². The molecule has 1 fully saturated rings. The van der Waals surface area contributed by atoms with E-state index >= 15 is 0 Å². The van der Waals surface area contributed by atoms with Crippen molar-refractivity contribution in [2.45, 2.75) is 19.8 Å². The van der Waals surface area contributed by atoms with Crippen molar-refractivity contribution >= 4 is 17.5 Å². The van der Waals surface area contributed by atoms with E-state index in [9.17, 15) is 4.79 Å². The predicted octanol–water partition coefficient (Wildman–Crippen LogP) is 3.18. The third kappa shape index (κ3) is 3.41. The standard InChI is InChI=1S/C15H20ClNO2/c1-2-19-14-8-4-3-7-13(14)15(18)17-9-5-6-12(10-16)11-17/h3-4,7-8,12H,2,5-6,9-11H2,1H3. The first kappa shape index (κ1) is 14.2. The maximum absolute atomic E-state index is 12.6. The first-order chi connectivity index (χ1) is 9.26. The van der Waals surface area contributed by atoms with Gasteiger partial charge in [0.2, 0.25) is 0 Å². The Morgan fingerprint density at radius 1 is 1.47 bits per heavy atom. The van der Waals surface area contributed by atoms with Gasteiger partial charge in [0.25, 0.3) is 5.91 Å². The highest BCUT2D eigenvalue weighted by Gasteiger charge is 2.25. The lowest BCUT2D eigenvalue weighted by atomic mass is 9.99. The summed E-state index contributed by atoms with van der Waals surface area (Å²) < 4.78 is 5.53. The molecule has 0 aliphatic carbocycles. The number of carbonyl (C=O) groups excluding carboxylic acids is 1. The number of hydrogen-bond donors (Lipinski definition) is 0. The van der Waals surface area contributed by atoms with Crippen LogP contribution >= 0.6 is 11.6 Å². The molecule has 0 bridgehead atoms. The second kappa shape index (κ2) is 6.80. The summed E-state index contributed by atoms with van der Waals surface area (Å²) in [5.41, 5.74) is 0.652. The minimum atomic E-state index is 0.0545.